The van der Waals surface area contributed by atoms with Crippen molar-refractivity contribution in [3.8, 4) is 0 Å². The normalized spacial score (nSPS) is 20.4. The summed E-state index contributed by atoms with van der Waals surface area (Å²) in [4.78, 5) is 44.0. The van der Waals surface area contributed by atoms with Crippen LogP contribution in [0.15, 0.2) is 59.1 Å². The highest BCUT2D eigenvalue weighted by molar-refractivity contribution is 9.10. The number of halogens is 1. The molecule has 3 amide bonds. The average Bonchev–Trinajstić information content (AvgIpc) is 3.60. The summed E-state index contributed by atoms with van der Waals surface area (Å²) in [5.74, 6) is -0.807. The van der Waals surface area contributed by atoms with Gasteiger partial charge in [-0.3, -0.25) is 4.79 Å². The summed E-state index contributed by atoms with van der Waals surface area (Å²) in [5.41, 5.74) is 0.446. The number of cyclic esters (lactones) is 1. The van der Waals surface area contributed by atoms with Crippen LogP contribution in [0.4, 0.5) is 9.59 Å². The number of ether oxygens (including phenoxy) is 2. The molecule has 5 rings (SSSR count). The molecule has 0 radical (unpaired) electrons. The van der Waals surface area contributed by atoms with Crippen molar-refractivity contribution in [3.63, 3.8) is 0 Å². The van der Waals surface area contributed by atoms with Crippen LogP contribution in [-0.2, 0) is 27.1 Å². The summed E-state index contributed by atoms with van der Waals surface area (Å²) < 4.78 is 13.1. The van der Waals surface area contributed by atoms with Crippen molar-refractivity contribution in [3.05, 3.63) is 69.5 Å². The van der Waals surface area contributed by atoms with Gasteiger partial charge in [-0.15, -0.1) is 11.3 Å². The number of carbonyl (C=O) groups is 3. The van der Waals surface area contributed by atoms with Crippen LogP contribution >= 0.6 is 27.3 Å². The summed E-state index contributed by atoms with van der Waals surface area (Å²) >= 11 is 5.20. The lowest BCUT2D eigenvalue weighted by atomic mass is 9.86. The Hall–Kier alpha value is -2.91. The first kappa shape index (κ1) is 27.6. The Morgan fingerprint density at radius 3 is 2.67 bits per heavy atom. The van der Waals surface area contributed by atoms with Crippen LogP contribution in [0.5, 0.6) is 0 Å². The lowest BCUT2D eigenvalue weighted by Crippen LogP contribution is -2.46. The molecule has 0 N–H and O–H groups in total. The topological polar surface area (TPSA) is 76.2 Å². The van der Waals surface area contributed by atoms with Gasteiger partial charge in [-0.25, -0.2) is 14.5 Å². The number of nitrogens with zero attached hydrogens (tertiary/aromatic N) is 2. The van der Waals surface area contributed by atoms with Crippen LogP contribution in [0, 0.1) is 11.8 Å². The lowest BCUT2D eigenvalue weighted by molar-refractivity contribution is -0.135. The highest BCUT2D eigenvalue weighted by atomic mass is 79.9. The molecule has 0 aliphatic carbocycles. The lowest BCUT2D eigenvalue weighted by Gasteiger charge is -2.29. The number of amides is 3. The van der Waals surface area contributed by atoms with E-state index in [-0.39, 0.29) is 30.6 Å². The molecule has 9 heteroatoms. The Morgan fingerprint density at radius 2 is 1.92 bits per heavy atom. The largest absolute Gasteiger partial charge is 0.447 e. The molecule has 2 aliphatic heterocycles. The Morgan fingerprint density at radius 1 is 1.15 bits per heavy atom. The van der Waals surface area contributed by atoms with Gasteiger partial charge in [0.25, 0.3) is 0 Å². The molecule has 1 aromatic heterocycles. The van der Waals surface area contributed by atoms with Gasteiger partial charge in [0.15, 0.2) is 0 Å². The van der Waals surface area contributed by atoms with Crippen LogP contribution in [0.1, 0.15) is 37.6 Å². The maximum atomic E-state index is 14.2. The molecule has 2 aromatic carbocycles. The highest BCUT2D eigenvalue weighted by Crippen LogP contribution is 2.35. The van der Waals surface area contributed by atoms with E-state index >= 15 is 0 Å². The fraction of sp³-hybridized carbons (Fsp3) is 0.433. The zero-order valence-corrected chi connectivity index (χ0v) is 24.8. The summed E-state index contributed by atoms with van der Waals surface area (Å²) in [7, 11) is 0. The second-order valence-corrected chi connectivity index (χ2v) is 13.4. The maximum absolute atomic E-state index is 14.2. The number of thiophene rings is 1. The van der Waals surface area contributed by atoms with Crippen LogP contribution in [-0.4, -0.2) is 59.2 Å². The Kier molecular flexibility index (Phi) is 8.01. The van der Waals surface area contributed by atoms with Gasteiger partial charge in [0.05, 0.1) is 6.04 Å². The van der Waals surface area contributed by atoms with E-state index in [1.165, 1.54) is 4.90 Å². The molecule has 3 atom stereocenters. The SMILES string of the molecule is CC(C)(C)OC(=O)N1CC[C@H]([C@H](Cc2cc3cc(Br)ccc3s2)C(=O)N2C(=O)OC[C@@H]2Cc2ccccc2)C1. The van der Waals surface area contributed by atoms with E-state index in [9.17, 15) is 14.4 Å². The van der Waals surface area contributed by atoms with Crippen LogP contribution < -0.4 is 0 Å². The van der Waals surface area contributed by atoms with Crippen molar-refractivity contribution in [2.24, 2.45) is 11.8 Å². The van der Waals surface area contributed by atoms with Gasteiger partial charge in [0.2, 0.25) is 5.91 Å². The van der Waals surface area contributed by atoms with Crippen molar-refractivity contribution < 1.29 is 23.9 Å². The predicted octanol–water partition coefficient (Wildman–Crippen LogP) is 6.67. The molecule has 2 saturated heterocycles. The van der Waals surface area contributed by atoms with Gasteiger partial charge in [-0.1, -0.05) is 46.3 Å². The highest BCUT2D eigenvalue weighted by Gasteiger charge is 2.45. The maximum Gasteiger partial charge on any atom is 0.416 e. The molecule has 39 heavy (non-hydrogen) atoms. The van der Waals surface area contributed by atoms with E-state index in [4.69, 9.17) is 9.47 Å². The summed E-state index contributed by atoms with van der Waals surface area (Å²) in [5, 5.41) is 1.11. The first-order chi connectivity index (χ1) is 18.6. The third kappa shape index (κ3) is 6.47. The van der Waals surface area contributed by atoms with E-state index in [0.29, 0.717) is 32.4 Å². The van der Waals surface area contributed by atoms with Gasteiger partial charge in [0, 0.05) is 33.1 Å². The molecule has 0 unspecified atom stereocenters. The Labute approximate surface area is 241 Å². The average molecular weight is 614 g/mol. The van der Waals surface area contributed by atoms with Crippen molar-refractivity contribution >= 4 is 55.4 Å². The third-order valence-corrected chi connectivity index (χ3v) is 8.86. The van der Waals surface area contributed by atoms with E-state index < -0.39 is 17.6 Å². The molecule has 2 fully saturated rings. The Bertz CT molecular complexity index is 1370. The number of rotatable bonds is 6. The number of fused-ring (bicyclic) bond motifs is 1. The first-order valence-electron chi connectivity index (χ1n) is 13.3. The van der Waals surface area contributed by atoms with Crippen LogP contribution in [0.2, 0.25) is 0 Å². The van der Waals surface area contributed by atoms with E-state index in [2.05, 4.69) is 34.1 Å². The van der Waals surface area contributed by atoms with Crippen molar-refractivity contribution in [2.75, 3.05) is 19.7 Å². The minimum Gasteiger partial charge on any atom is -0.447 e. The van der Waals surface area contributed by atoms with Crippen molar-refractivity contribution in [2.45, 2.75) is 51.7 Å². The second-order valence-electron chi connectivity index (χ2n) is 11.3. The number of carbonyl (C=O) groups excluding carboxylic acids is 3. The summed E-state index contributed by atoms with van der Waals surface area (Å²) in [6.45, 7) is 6.63. The fourth-order valence-corrected chi connectivity index (χ4v) is 6.88. The molecular formula is C30H33BrN2O5S. The first-order valence-corrected chi connectivity index (χ1v) is 14.9. The molecule has 3 heterocycles. The third-order valence-electron chi connectivity index (χ3n) is 7.23. The minimum atomic E-state index is -0.598. The quantitative estimate of drug-likeness (QED) is 0.311. The van der Waals surface area contributed by atoms with E-state index in [0.717, 1.165) is 25.0 Å². The molecule has 0 saturated carbocycles. The van der Waals surface area contributed by atoms with E-state index in [1.54, 1.807) is 16.2 Å². The standard InChI is InChI=1S/C30H33BrN2O5S/c1-30(2,3)38-28(35)32-12-11-20(17-32)25(16-24-15-21-14-22(31)9-10-26(21)39-24)27(34)33-23(18-37-29(33)36)13-19-7-5-4-6-8-19/h4-10,14-15,20,23,25H,11-13,16-18H2,1-3H3/t20-,23-,25-/m0/s1. The molecule has 7 nitrogen and oxygen atoms in total. The van der Waals surface area contributed by atoms with Gasteiger partial charge < -0.3 is 14.4 Å². The molecule has 206 valence electrons. The molecule has 0 bridgehead atoms. The van der Waals surface area contributed by atoms with Gasteiger partial charge in [-0.2, -0.15) is 0 Å². The van der Waals surface area contributed by atoms with Crippen LogP contribution in [0.25, 0.3) is 10.1 Å². The Balaban J connectivity index is 1.41. The number of imide groups is 1. The van der Waals surface area contributed by atoms with Gasteiger partial charge in [-0.05, 0) is 81.2 Å². The monoisotopic (exact) mass is 612 g/mol. The molecule has 3 aromatic rings. The van der Waals surface area contributed by atoms with Crippen molar-refractivity contribution in [1.29, 1.82) is 0 Å². The zero-order valence-electron chi connectivity index (χ0n) is 22.4. The minimum absolute atomic E-state index is 0.104. The number of hydrogen-bond donors (Lipinski definition) is 0. The number of benzene rings is 2. The van der Waals surface area contributed by atoms with Crippen LogP contribution in [0.3, 0.4) is 0 Å². The zero-order chi connectivity index (χ0) is 27.7. The van der Waals surface area contributed by atoms with E-state index in [1.807, 2.05) is 57.2 Å². The number of likely N-dealkylation sites (tertiary alicyclic amines) is 1. The summed E-state index contributed by atoms with van der Waals surface area (Å²) in [6.07, 6.45) is 0.734. The second kappa shape index (κ2) is 11.3. The predicted molar refractivity (Wildman–Crippen MR) is 155 cm³/mol. The van der Waals surface area contributed by atoms with Gasteiger partial charge >= 0.3 is 12.2 Å². The smallest absolute Gasteiger partial charge is 0.416 e. The molecule has 2 aliphatic rings. The van der Waals surface area contributed by atoms with Gasteiger partial charge in [0.1, 0.15) is 12.2 Å². The molecular weight excluding hydrogens is 580 g/mol. The number of hydrogen-bond acceptors (Lipinski definition) is 6. The molecule has 0 spiro atoms. The summed E-state index contributed by atoms with van der Waals surface area (Å²) in [6, 6.07) is 17.7. The van der Waals surface area contributed by atoms with Crippen molar-refractivity contribution in [1.82, 2.24) is 9.80 Å². The fourth-order valence-electron chi connectivity index (χ4n) is 5.40.